The van der Waals surface area contributed by atoms with Crippen molar-refractivity contribution in [1.29, 1.82) is 0 Å². The number of benzene rings is 2. The highest BCUT2D eigenvalue weighted by molar-refractivity contribution is 5.90. The number of rotatable bonds is 5. The SMILES string of the molecule is Cc1ccc(Cn2nnc3c(=O)n(CC(=O)Nc4cccc(C(F)(F)F)c4)cnc32)cc1. The van der Waals surface area contributed by atoms with Crippen LogP contribution >= 0.6 is 0 Å². The van der Waals surface area contributed by atoms with E-state index in [0.717, 1.165) is 27.8 Å². The summed E-state index contributed by atoms with van der Waals surface area (Å²) in [4.78, 5) is 29.2. The minimum absolute atomic E-state index is 0.00789. The summed E-state index contributed by atoms with van der Waals surface area (Å²) in [6.45, 7) is 1.90. The fraction of sp³-hybridized carbons (Fsp3) is 0.190. The van der Waals surface area contributed by atoms with Gasteiger partial charge in [0.05, 0.1) is 12.1 Å². The number of carbonyl (C=O) groups is 1. The van der Waals surface area contributed by atoms with Crippen molar-refractivity contribution in [3.05, 3.63) is 81.9 Å². The highest BCUT2D eigenvalue weighted by atomic mass is 19.4. The average Bonchev–Trinajstić information content (AvgIpc) is 3.15. The lowest BCUT2D eigenvalue weighted by Gasteiger charge is -2.10. The van der Waals surface area contributed by atoms with Crippen molar-refractivity contribution in [2.45, 2.75) is 26.2 Å². The van der Waals surface area contributed by atoms with Crippen LogP contribution in [0.2, 0.25) is 0 Å². The maximum atomic E-state index is 12.8. The normalized spacial score (nSPS) is 11.6. The predicted octanol–water partition coefficient (Wildman–Crippen LogP) is 3.00. The molecule has 2 aromatic carbocycles. The minimum atomic E-state index is -4.53. The number of halogens is 3. The maximum absolute atomic E-state index is 12.8. The lowest BCUT2D eigenvalue weighted by molar-refractivity contribution is -0.137. The van der Waals surface area contributed by atoms with Crippen LogP contribution in [0.3, 0.4) is 0 Å². The van der Waals surface area contributed by atoms with Gasteiger partial charge in [-0.3, -0.25) is 14.2 Å². The van der Waals surface area contributed by atoms with E-state index in [4.69, 9.17) is 0 Å². The van der Waals surface area contributed by atoms with Crippen molar-refractivity contribution in [3.63, 3.8) is 0 Å². The lowest BCUT2D eigenvalue weighted by atomic mass is 10.1. The van der Waals surface area contributed by atoms with Gasteiger partial charge in [-0.15, -0.1) is 5.10 Å². The number of anilines is 1. The zero-order valence-electron chi connectivity index (χ0n) is 16.8. The molecule has 0 aliphatic carbocycles. The smallest absolute Gasteiger partial charge is 0.325 e. The first-order chi connectivity index (χ1) is 15.2. The van der Waals surface area contributed by atoms with Crippen LogP contribution in [-0.2, 0) is 24.1 Å². The van der Waals surface area contributed by atoms with E-state index < -0.39 is 29.8 Å². The molecule has 0 spiro atoms. The van der Waals surface area contributed by atoms with Crippen molar-refractivity contribution in [2.24, 2.45) is 0 Å². The first kappa shape index (κ1) is 21.2. The lowest BCUT2D eigenvalue weighted by Crippen LogP contribution is -2.28. The van der Waals surface area contributed by atoms with Crippen LogP contribution in [0.25, 0.3) is 11.2 Å². The van der Waals surface area contributed by atoms with Gasteiger partial charge in [0.25, 0.3) is 5.56 Å². The number of alkyl halides is 3. The summed E-state index contributed by atoms with van der Waals surface area (Å²) < 4.78 is 41.0. The summed E-state index contributed by atoms with van der Waals surface area (Å²) in [6, 6.07) is 12.0. The van der Waals surface area contributed by atoms with Gasteiger partial charge in [-0.25, -0.2) is 9.67 Å². The van der Waals surface area contributed by atoms with E-state index in [1.165, 1.54) is 23.1 Å². The Morgan fingerprint density at radius 3 is 2.59 bits per heavy atom. The third-order valence-electron chi connectivity index (χ3n) is 4.73. The van der Waals surface area contributed by atoms with E-state index in [0.29, 0.717) is 6.54 Å². The second-order valence-corrected chi connectivity index (χ2v) is 7.21. The number of amides is 1. The molecule has 11 heteroatoms. The molecule has 8 nitrogen and oxygen atoms in total. The molecule has 32 heavy (non-hydrogen) atoms. The van der Waals surface area contributed by atoms with Crippen LogP contribution in [0.1, 0.15) is 16.7 Å². The van der Waals surface area contributed by atoms with E-state index in [1.807, 2.05) is 31.2 Å². The minimum Gasteiger partial charge on any atom is -0.325 e. The quantitative estimate of drug-likeness (QED) is 0.513. The third-order valence-corrected chi connectivity index (χ3v) is 4.73. The van der Waals surface area contributed by atoms with E-state index in [2.05, 4.69) is 20.6 Å². The van der Waals surface area contributed by atoms with Crippen LogP contribution in [0, 0.1) is 6.92 Å². The van der Waals surface area contributed by atoms with Gasteiger partial charge < -0.3 is 5.32 Å². The number of aryl methyl sites for hydroxylation is 1. The monoisotopic (exact) mass is 442 g/mol. The summed E-state index contributed by atoms with van der Waals surface area (Å²) in [5.41, 5.74) is 0.827. The van der Waals surface area contributed by atoms with Crippen molar-refractivity contribution in [3.8, 4) is 0 Å². The molecule has 1 amide bonds. The standard InChI is InChI=1S/C21H17F3N6O2/c1-13-5-7-14(8-6-13)10-30-19-18(27-28-30)20(32)29(12-25-19)11-17(31)26-16-4-2-3-15(9-16)21(22,23)24/h2-9,12H,10-11H2,1H3,(H,26,31). The summed E-state index contributed by atoms with van der Waals surface area (Å²) >= 11 is 0. The second-order valence-electron chi connectivity index (χ2n) is 7.21. The molecule has 0 saturated carbocycles. The number of carbonyl (C=O) groups excluding carboxylic acids is 1. The molecule has 2 heterocycles. The van der Waals surface area contributed by atoms with Crippen LogP contribution in [-0.4, -0.2) is 30.5 Å². The summed E-state index contributed by atoms with van der Waals surface area (Å²) in [5, 5.41) is 10.2. The number of hydrogen-bond donors (Lipinski definition) is 1. The van der Waals surface area contributed by atoms with Crippen LogP contribution in [0.15, 0.2) is 59.7 Å². The van der Waals surface area contributed by atoms with E-state index in [9.17, 15) is 22.8 Å². The van der Waals surface area contributed by atoms with Gasteiger partial charge >= 0.3 is 6.18 Å². The summed E-state index contributed by atoms with van der Waals surface area (Å²) in [5.74, 6) is -0.681. The van der Waals surface area contributed by atoms with E-state index >= 15 is 0 Å². The van der Waals surface area contributed by atoms with Crippen LogP contribution in [0.4, 0.5) is 18.9 Å². The van der Waals surface area contributed by atoms with Crippen molar-refractivity contribution < 1.29 is 18.0 Å². The zero-order valence-corrected chi connectivity index (χ0v) is 16.8. The second kappa shape index (κ2) is 8.25. The molecule has 1 N–H and O–H groups in total. The molecule has 4 aromatic rings. The van der Waals surface area contributed by atoms with Crippen LogP contribution in [0.5, 0.6) is 0 Å². The Morgan fingerprint density at radius 1 is 1.12 bits per heavy atom. The topological polar surface area (TPSA) is 94.7 Å². The highest BCUT2D eigenvalue weighted by Crippen LogP contribution is 2.30. The summed E-state index contributed by atoms with van der Waals surface area (Å²) in [7, 11) is 0. The Bertz CT molecular complexity index is 1340. The fourth-order valence-electron chi connectivity index (χ4n) is 3.10. The molecule has 0 radical (unpaired) electrons. The highest BCUT2D eigenvalue weighted by Gasteiger charge is 2.30. The van der Waals surface area contributed by atoms with E-state index in [1.54, 1.807) is 0 Å². The molecule has 0 aliphatic heterocycles. The van der Waals surface area contributed by atoms with Gasteiger partial charge in [0.2, 0.25) is 5.91 Å². The fourth-order valence-corrected chi connectivity index (χ4v) is 3.10. The summed E-state index contributed by atoms with van der Waals surface area (Å²) in [6.07, 6.45) is -3.34. The molecular formula is C21H17F3N6O2. The van der Waals surface area contributed by atoms with Gasteiger partial charge in [-0.05, 0) is 30.7 Å². The number of hydrogen-bond acceptors (Lipinski definition) is 5. The Labute approximate surface area is 179 Å². The van der Waals surface area contributed by atoms with Crippen LogP contribution < -0.4 is 10.9 Å². The molecule has 0 aliphatic rings. The van der Waals surface area contributed by atoms with Gasteiger partial charge in [0.1, 0.15) is 12.9 Å². The number of aromatic nitrogens is 5. The first-order valence-electron chi connectivity index (χ1n) is 9.52. The zero-order chi connectivity index (χ0) is 22.9. The molecular weight excluding hydrogens is 425 g/mol. The molecule has 2 aromatic heterocycles. The van der Waals surface area contributed by atoms with Crippen molar-refractivity contribution >= 4 is 22.8 Å². The molecule has 0 unspecified atom stereocenters. The van der Waals surface area contributed by atoms with Gasteiger partial charge in [0, 0.05) is 5.69 Å². The Kier molecular flexibility index (Phi) is 5.47. The molecule has 164 valence electrons. The van der Waals surface area contributed by atoms with Gasteiger partial charge in [-0.2, -0.15) is 13.2 Å². The molecule has 0 saturated heterocycles. The molecule has 4 rings (SSSR count). The predicted molar refractivity (Wildman–Crippen MR) is 110 cm³/mol. The Balaban J connectivity index is 1.51. The molecule has 0 atom stereocenters. The number of nitrogens with zero attached hydrogens (tertiary/aromatic N) is 5. The average molecular weight is 442 g/mol. The Morgan fingerprint density at radius 2 is 1.88 bits per heavy atom. The van der Waals surface area contributed by atoms with Crippen molar-refractivity contribution in [1.82, 2.24) is 24.5 Å². The van der Waals surface area contributed by atoms with E-state index in [-0.39, 0.29) is 16.9 Å². The molecule has 0 bridgehead atoms. The first-order valence-corrected chi connectivity index (χ1v) is 9.52. The Hall–Kier alpha value is -4.02. The van der Waals surface area contributed by atoms with Gasteiger partial charge in [0.15, 0.2) is 11.2 Å². The largest absolute Gasteiger partial charge is 0.416 e. The number of fused-ring (bicyclic) bond motifs is 1. The van der Waals surface area contributed by atoms with Crippen molar-refractivity contribution in [2.75, 3.05) is 5.32 Å². The molecule has 0 fully saturated rings. The number of nitrogens with one attached hydrogen (secondary N) is 1. The maximum Gasteiger partial charge on any atom is 0.416 e. The third kappa shape index (κ3) is 4.51. The van der Waals surface area contributed by atoms with Gasteiger partial charge in [-0.1, -0.05) is 41.1 Å².